The van der Waals surface area contributed by atoms with Crippen molar-refractivity contribution in [1.29, 1.82) is 0 Å². The molecular formula is C19H21F2NO4. The molecule has 2 rings (SSSR count). The van der Waals surface area contributed by atoms with E-state index in [1.807, 2.05) is 6.92 Å². The van der Waals surface area contributed by atoms with Crippen LogP contribution in [0.3, 0.4) is 0 Å². The summed E-state index contributed by atoms with van der Waals surface area (Å²) in [6.45, 7) is 1.22. The van der Waals surface area contributed by atoms with E-state index in [9.17, 15) is 13.6 Å². The lowest BCUT2D eigenvalue weighted by atomic mass is 10.1. The van der Waals surface area contributed by atoms with Crippen molar-refractivity contribution in [3.63, 3.8) is 0 Å². The highest BCUT2D eigenvalue weighted by Crippen LogP contribution is 2.28. The quantitative estimate of drug-likeness (QED) is 0.762. The SMILES string of the molecule is CCOc1cc(C(=O)NC(C)c2ccc(OC(F)F)cc2)ccc1OC. The second-order valence-electron chi connectivity index (χ2n) is 5.44. The van der Waals surface area contributed by atoms with Gasteiger partial charge in [0.15, 0.2) is 11.5 Å². The van der Waals surface area contributed by atoms with Crippen LogP contribution in [-0.4, -0.2) is 26.2 Å². The highest BCUT2D eigenvalue weighted by Gasteiger charge is 2.15. The number of alkyl halides is 2. The molecule has 0 radical (unpaired) electrons. The molecule has 0 aromatic heterocycles. The fourth-order valence-electron chi connectivity index (χ4n) is 2.39. The van der Waals surface area contributed by atoms with E-state index in [0.717, 1.165) is 5.56 Å². The molecule has 140 valence electrons. The van der Waals surface area contributed by atoms with Crippen molar-refractivity contribution < 1.29 is 27.8 Å². The first kappa shape index (κ1) is 19.5. The van der Waals surface area contributed by atoms with Crippen molar-refractivity contribution in [2.45, 2.75) is 26.5 Å². The number of carbonyl (C=O) groups is 1. The molecule has 1 unspecified atom stereocenters. The Labute approximate surface area is 150 Å². The number of ether oxygens (including phenoxy) is 3. The Kier molecular flexibility index (Phi) is 6.77. The van der Waals surface area contributed by atoms with Crippen molar-refractivity contribution in [1.82, 2.24) is 5.32 Å². The average molecular weight is 365 g/mol. The summed E-state index contributed by atoms with van der Waals surface area (Å²) in [5.74, 6) is 0.822. The van der Waals surface area contributed by atoms with Gasteiger partial charge in [0, 0.05) is 5.56 Å². The Morgan fingerprint density at radius 3 is 2.38 bits per heavy atom. The van der Waals surface area contributed by atoms with Gasteiger partial charge < -0.3 is 19.5 Å². The summed E-state index contributed by atoms with van der Waals surface area (Å²) >= 11 is 0. The minimum absolute atomic E-state index is 0.0683. The van der Waals surface area contributed by atoms with Crippen LogP contribution in [0.1, 0.15) is 35.8 Å². The highest BCUT2D eigenvalue weighted by atomic mass is 19.3. The Hall–Kier alpha value is -2.83. The van der Waals surface area contributed by atoms with Crippen LogP contribution in [0.25, 0.3) is 0 Å². The number of carbonyl (C=O) groups excluding carboxylic acids is 1. The first-order chi connectivity index (χ1) is 12.4. The smallest absolute Gasteiger partial charge is 0.387 e. The molecule has 0 saturated heterocycles. The van der Waals surface area contributed by atoms with Gasteiger partial charge in [-0.3, -0.25) is 4.79 Å². The number of halogens is 2. The van der Waals surface area contributed by atoms with Gasteiger partial charge in [-0.1, -0.05) is 12.1 Å². The number of hydrogen-bond donors (Lipinski definition) is 1. The molecule has 5 nitrogen and oxygen atoms in total. The van der Waals surface area contributed by atoms with E-state index in [-0.39, 0.29) is 17.7 Å². The molecule has 0 fully saturated rings. The molecule has 1 N–H and O–H groups in total. The highest BCUT2D eigenvalue weighted by molar-refractivity contribution is 5.95. The molecule has 0 aliphatic heterocycles. The molecule has 0 bridgehead atoms. The van der Waals surface area contributed by atoms with Crippen LogP contribution >= 0.6 is 0 Å². The number of nitrogens with one attached hydrogen (secondary N) is 1. The van der Waals surface area contributed by atoms with Gasteiger partial charge in [0.05, 0.1) is 19.8 Å². The van der Waals surface area contributed by atoms with Gasteiger partial charge in [-0.2, -0.15) is 8.78 Å². The van der Waals surface area contributed by atoms with Gasteiger partial charge in [-0.05, 0) is 49.7 Å². The molecule has 0 saturated carbocycles. The number of methoxy groups -OCH3 is 1. The fourth-order valence-corrected chi connectivity index (χ4v) is 2.39. The topological polar surface area (TPSA) is 56.8 Å². The van der Waals surface area contributed by atoms with Crippen LogP contribution < -0.4 is 19.5 Å². The summed E-state index contributed by atoms with van der Waals surface area (Å²) in [6.07, 6.45) is 0. The summed E-state index contributed by atoms with van der Waals surface area (Å²) < 4.78 is 39.3. The summed E-state index contributed by atoms with van der Waals surface area (Å²) in [6, 6.07) is 10.7. The van der Waals surface area contributed by atoms with Crippen molar-refractivity contribution in [2.24, 2.45) is 0 Å². The van der Waals surface area contributed by atoms with E-state index < -0.39 is 6.61 Å². The third-order valence-corrected chi connectivity index (χ3v) is 3.68. The lowest BCUT2D eigenvalue weighted by Gasteiger charge is -2.16. The van der Waals surface area contributed by atoms with Gasteiger partial charge in [0.1, 0.15) is 5.75 Å². The first-order valence-corrected chi connectivity index (χ1v) is 8.11. The van der Waals surface area contributed by atoms with Crippen LogP contribution in [0.4, 0.5) is 8.78 Å². The van der Waals surface area contributed by atoms with E-state index in [1.165, 1.54) is 19.2 Å². The number of rotatable bonds is 8. The van der Waals surface area contributed by atoms with Gasteiger partial charge >= 0.3 is 6.61 Å². The monoisotopic (exact) mass is 365 g/mol. The standard InChI is InChI=1S/C19H21F2NO4/c1-4-25-17-11-14(7-10-16(17)24-3)18(23)22-12(2)13-5-8-15(9-6-13)26-19(20)21/h5-12,19H,4H2,1-3H3,(H,22,23). The second kappa shape index (κ2) is 9.03. The van der Waals surface area contributed by atoms with Crippen molar-refractivity contribution in [3.8, 4) is 17.2 Å². The van der Waals surface area contributed by atoms with E-state index in [0.29, 0.717) is 23.7 Å². The summed E-state index contributed by atoms with van der Waals surface area (Å²) in [4.78, 5) is 12.5. The second-order valence-corrected chi connectivity index (χ2v) is 5.44. The molecule has 0 heterocycles. The zero-order chi connectivity index (χ0) is 19.1. The number of benzene rings is 2. The van der Waals surface area contributed by atoms with Gasteiger partial charge in [0.2, 0.25) is 0 Å². The van der Waals surface area contributed by atoms with Crippen molar-refractivity contribution in [2.75, 3.05) is 13.7 Å². The van der Waals surface area contributed by atoms with Gasteiger partial charge in [-0.15, -0.1) is 0 Å². The normalized spacial score (nSPS) is 11.8. The molecule has 1 amide bonds. The molecule has 0 aliphatic rings. The molecule has 2 aromatic rings. The van der Waals surface area contributed by atoms with Gasteiger partial charge in [0.25, 0.3) is 5.91 Å². The number of hydrogen-bond acceptors (Lipinski definition) is 4. The zero-order valence-electron chi connectivity index (χ0n) is 14.8. The van der Waals surface area contributed by atoms with Crippen LogP contribution in [0.5, 0.6) is 17.2 Å². The summed E-state index contributed by atoms with van der Waals surface area (Å²) in [5, 5.41) is 2.86. The Morgan fingerprint density at radius 2 is 1.81 bits per heavy atom. The number of amides is 1. The maximum Gasteiger partial charge on any atom is 0.387 e. The third kappa shape index (κ3) is 5.08. The zero-order valence-corrected chi connectivity index (χ0v) is 14.8. The van der Waals surface area contributed by atoms with E-state index >= 15 is 0 Å². The fraction of sp³-hybridized carbons (Fsp3) is 0.316. The lowest BCUT2D eigenvalue weighted by Crippen LogP contribution is -2.26. The first-order valence-electron chi connectivity index (χ1n) is 8.11. The van der Waals surface area contributed by atoms with Gasteiger partial charge in [-0.25, -0.2) is 0 Å². The Balaban J connectivity index is 2.07. The van der Waals surface area contributed by atoms with Crippen LogP contribution in [0.15, 0.2) is 42.5 Å². The molecule has 7 heteroatoms. The molecule has 0 aliphatic carbocycles. The lowest BCUT2D eigenvalue weighted by molar-refractivity contribution is -0.0498. The maximum atomic E-state index is 12.5. The minimum atomic E-state index is -2.87. The molecule has 0 spiro atoms. The Bertz CT molecular complexity index is 735. The maximum absolute atomic E-state index is 12.5. The van der Waals surface area contributed by atoms with Crippen LogP contribution in [-0.2, 0) is 0 Å². The summed E-state index contributed by atoms with van der Waals surface area (Å²) in [7, 11) is 1.53. The van der Waals surface area contributed by atoms with Crippen LogP contribution in [0, 0.1) is 0 Å². The van der Waals surface area contributed by atoms with E-state index in [4.69, 9.17) is 9.47 Å². The summed E-state index contributed by atoms with van der Waals surface area (Å²) in [5.41, 5.74) is 1.19. The van der Waals surface area contributed by atoms with Crippen molar-refractivity contribution >= 4 is 5.91 Å². The van der Waals surface area contributed by atoms with E-state index in [2.05, 4.69) is 10.1 Å². The molecule has 1 atom stereocenters. The molecule has 26 heavy (non-hydrogen) atoms. The van der Waals surface area contributed by atoms with E-state index in [1.54, 1.807) is 37.3 Å². The minimum Gasteiger partial charge on any atom is -0.493 e. The third-order valence-electron chi connectivity index (χ3n) is 3.68. The van der Waals surface area contributed by atoms with Crippen LogP contribution in [0.2, 0.25) is 0 Å². The van der Waals surface area contributed by atoms with Crippen molar-refractivity contribution in [3.05, 3.63) is 53.6 Å². The predicted molar refractivity (Wildman–Crippen MR) is 93.1 cm³/mol. The Morgan fingerprint density at radius 1 is 1.12 bits per heavy atom. The molecule has 2 aromatic carbocycles. The molecular weight excluding hydrogens is 344 g/mol. The largest absolute Gasteiger partial charge is 0.493 e. The average Bonchev–Trinajstić information content (AvgIpc) is 2.62. The predicted octanol–water partition coefficient (Wildman–Crippen LogP) is 4.19.